The maximum atomic E-state index is 13.0. The van der Waals surface area contributed by atoms with E-state index in [0.29, 0.717) is 13.1 Å². The van der Waals surface area contributed by atoms with Crippen molar-refractivity contribution in [1.29, 1.82) is 0 Å². The van der Waals surface area contributed by atoms with Gasteiger partial charge in [0.1, 0.15) is 0 Å². The number of nitrogens with zero attached hydrogens (tertiary/aromatic N) is 1. The normalized spacial score (nSPS) is 15.3. The Morgan fingerprint density at radius 1 is 1.03 bits per heavy atom. The van der Waals surface area contributed by atoms with Gasteiger partial charge in [0.05, 0.1) is 15.6 Å². The van der Waals surface area contributed by atoms with Crippen molar-refractivity contribution in [2.45, 2.75) is 30.6 Å². The van der Waals surface area contributed by atoms with Crippen molar-refractivity contribution < 1.29 is 22.7 Å². The van der Waals surface area contributed by atoms with Crippen molar-refractivity contribution in [3.63, 3.8) is 0 Å². The fourth-order valence-electron chi connectivity index (χ4n) is 3.29. The lowest BCUT2D eigenvalue weighted by molar-refractivity contribution is -0.142. The third-order valence-electron chi connectivity index (χ3n) is 4.97. The van der Waals surface area contributed by atoms with Gasteiger partial charge in [-0.25, -0.2) is 13.2 Å². The van der Waals surface area contributed by atoms with E-state index in [1.807, 2.05) is 30.3 Å². The van der Waals surface area contributed by atoms with E-state index in [4.69, 9.17) is 16.3 Å². The fraction of sp³-hybridized carbons (Fsp3) is 0.304. The largest absolute Gasteiger partial charge is 0.452 e. The Bertz CT molecular complexity index is 1080. The maximum Gasteiger partial charge on any atom is 0.331 e. The quantitative estimate of drug-likeness (QED) is 0.479. The lowest BCUT2D eigenvalue weighted by Gasteiger charge is -2.20. The van der Waals surface area contributed by atoms with Crippen molar-refractivity contribution in [1.82, 2.24) is 4.31 Å². The van der Waals surface area contributed by atoms with Gasteiger partial charge < -0.3 is 10.1 Å². The van der Waals surface area contributed by atoms with Crippen LogP contribution in [0, 0.1) is 0 Å². The molecule has 7 nitrogen and oxygen atoms in total. The minimum Gasteiger partial charge on any atom is -0.452 e. The van der Waals surface area contributed by atoms with Crippen LogP contribution in [0.15, 0.2) is 59.5 Å². The average Bonchev–Trinajstić information content (AvgIpc) is 3.08. The molecule has 1 aliphatic heterocycles. The topological polar surface area (TPSA) is 92.8 Å². The van der Waals surface area contributed by atoms with Crippen LogP contribution in [0.4, 0.5) is 5.69 Å². The van der Waals surface area contributed by atoms with Crippen LogP contribution in [0.5, 0.6) is 0 Å². The first-order chi connectivity index (χ1) is 15.4. The summed E-state index contributed by atoms with van der Waals surface area (Å²) in [6, 6.07) is 13.4. The van der Waals surface area contributed by atoms with Crippen molar-refractivity contribution in [2.75, 3.05) is 25.0 Å². The predicted molar refractivity (Wildman–Crippen MR) is 124 cm³/mol. The molecule has 3 rings (SSSR count). The number of carbonyl (C=O) groups is 2. The SMILES string of the molecule is O=C(COC(=O)/C=C/c1ccccc1)Nc1cc(S(=O)(=O)N2CCCCCC2)ccc1Cl. The van der Waals surface area contributed by atoms with Gasteiger partial charge in [0, 0.05) is 19.2 Å². The number of hydrogen-bond donors (Lipinski definition) is 1. The van der Waals surface area contributed by atoms with E-state index < -0.39 is 28.5 Å². The van der Waals surface area contributed by atoms with Crippen LogP contribution in [0.3, 0.4) is 0 Å². The van der Waals surface area contributed by atoms with Crippen LogP contribution >= 0.6 is 11.6 Å². The number of esters is 1. The molecule has 1 saturated heterocycles. The molecule has 0 unspecified atom stereocenters. The van der Waals surface area contributed by atoms with Crippen LogP contribution in [-0.4, -0.2) is 44.3 Å². The second kappa shape index (κ2) is 11.3. The van der Waals surface area contributed by atoms with Crippen LogP contribution < -0.4 is 5.32 Å². The van der Waals surface area contributed by atoms with Gasteiger partial charge in [0.2, 0.25) is 10.0 Å². The Balaban J connectivity index is 1.61. The van der Waals surface area contributed by atoms with Crippen molar-refractivity contribution >= 4 is 45.3 Å². The lowest BCUT2D eigenvalue weighted by atomic mass is 10.2. The molecule has 0 aliphatic carbocycles. The second-order valence-corrected chi connectivity index (χ2v) is 9.70. The minimum atomic E-state index is -3.69. The highest BCUT2D eigenvalue weighted by molar-refractivity contribution is 7.89. The van der Waals surface area contributed by atoms with Gasteiger partial charge in [-0.3, -0.25) is 4.79 Å². The van der Waals surface area contributed by atoms with Gasteiger partial charge in [0.25, 0.3) is 5.91 Å². The molecule has 1 fully saturated rings. The molecule has 0 saturated carbocycles. The Hall–Kier alpha value is -2.68. The summed E-state index contributed by atoms with van der Waals surface area (Å²) in [5.41, 5.74) is 0.964. The number of anilines is 1. The van der Waals surface area contributed by atoms with Crippen molar-refractivity contribution in [3.8, 4) is 0 Å². The second-order valence-electron chi connectivity index (χ2n) is 7.36. The maximum absolute atomic E-state index is 13.0. The van der Waals surface area contributed by atoms with Crippen LogP contribution in [0.25, 0.3) is 6.08 Å². The predicted octanol–water partition coefficient (Wildman–Crippen LogP) is 4.10. The molecule has 9 heteroatoms. The summed E-state index contributed by atoms with van der Waals surface area (Å²) in [5.74, 6) is -1.30. The zero-order valence-electron chi connectivity index (χ0n) is 17.5. The lowest BCUT2D eigenvalue weighted by Crippen LogP contribution is -2.32. The molecule has 2 aromatic carbocycles. The molecule has 32 heavy (non-hydrogen) atoms. The molecule has 0 radical (unpaired) electrons. The van der Waals surface area contributed by atoms with Crippen LogP contribution in [-0.2, 0) is 24.3 Å². The number of carbonyl (C=O) groups excluding carboxylic acids is 2. The number of nitrogens with one attached hydrogen (secondary N) is 1. The van der Waals surface area contributed by atoms with Crippen molar-refractivity contribution in [3.05, 3.63) is 65.2 Å². The molecule has 0 atom stereocenters. The van der Waals surface area contributed by atoms with Gasteiger partial charge in [-0.2, -0.15) is 4.31 Å². The Kier molecular flexibility index (Phi) is 8.44. The smallest absolute Gasteiger partial charge is 0.331 e. The number of hydrogen-bond acceptors (Lipinski definition) is 5. The molecule has 0 bridgehead atoms. The molecular formula is C23H25ClN2O5S. The average molecular weight is 477 g/mol. The van der Waals surface area contributed by atoms with Gasteiger partial charge in [0.15, 0.2) is 6.61 Å². The van der Waals surface area contributed by atoms with E-state index in [2.05, 4.69) is 5.32 Å². The standard InChI is InChI=1S/C23H25ClN2O5S/c24-20-12-11-19(32(29,30)26-14-6-1-2-7-15-26)16-21(20)25-22(27)17-31-23(28)13-10-18-8-4-3-5-9-18/h3-5,8-13,16H,1-2,6-7,14-15,17H2,(H,25,27)/b13-10+. The number of benzene rings is 2. The monoisotopic (exact) mass is 476 g/mol. The zero-order chi connectivity index (χ0) is 23.0. The van der Waals surface area contributed by atoms with Gasteiger partial charge in [-0.15, -0.1) is 0 Å². The Labute approximate surface area is 193 Å². The number of ether oxygens (including phenoxy) is 1. The summed E-state index contributed by atoms with van der Waals surface area (Å²) in [6.07, 6.45) is 6.46. The molecule has 170 valence electrons. The number of halogens is 1. The summed E-state index contributed by atoms with van der Waals surface area (Å²) in [4.78, 5) is 24.1. The van der Waals surface area contributed by atoms with E-state index >= 15 is 0 Å². The van der Waals surface area contributed by atoms with E-state index in [9.17, 15) is 18.0 Å². The van der Waals surface area contributed by atoms with Crippen LogP contribution in [0.1, 0.15) is 31.2 Å². The van der Waals surface area contributed by atoms with E-state index in [1.165, 1.54) is 28.6 Å². The van der Waals surface area contributed by atoms with Gasteiger partial charge in [-0.1, -0.05) is 54.8 Å². The minimum absolute atomic E-state index is 0.0573. The first-order valence-electron chi connectivity index (χ1n) is 10.4. The first-order valence-corrected chi connectivity index (χ1v) is 12.2. The Morgan fingerprint density at radius 2 is 1.72 bits per heavy atom. The highest BCUT2D eigenvalue weighted by Crippen LogP contribution is 2.28. The summed E-state index contributed by atoms with van der Waals surface area (Å²) in [6.45, 7) is 0.412. The van der Waals surface area contributed by atoms with E-state index in [0.717, 1.165) is 31.2 Å². The third-order valence-corrected chi connectivity index (χ3v) is 7.20. The summed E-state index contributed by atoms with van der Waals surface area (Å²) >= 11 is 6.14. The molecule has 0 aromatic heterocycles. The highest BCUT2D eigenvalue weighted by Gasteiger charge is 2.26. The number of rotatable bonds is 7. The molecule has 1 aliphatic rings. The molecule has 2 aromatic rings. The zero-order valence-corrected chi connectivity index (χ0v) is 19.1. The van der Waals surface area contributed by atoms with Crippen LogP contribution in [0.2, 0.25) is 5.02 Å². The van der Waals surface area contributed by atoms with E-state index in [1.54, 1.807) is 6.08 Å². The molecule has 0 spiro atoms. The van der Waals surface area contributed by atoms with E-state index in [-0.39, 0.29) is 15.6 Å². The highest BCUT2D eigenvalue weighted by atomic mass is 35.5. The number of amides is 1. The number of sulfonamides is 1. The third kappa shape index (κ3) is 6.66. The first kappa shape index (κ1) is 24.0. The summed E-state index contributed by atoms with van der Waals surface area (Å²) in [7, 11) is -3.69. The summed E-state index contributed by atoms with van der Waals surface area (Å²) in [5, 5.41) is 2.70. The molecular weight excluding hydrogens is 452 g/mol. The van der Waals surface area contributed by atoms with Gasteiger partial charge in [-0.05, 0) is 42.7 Å². The fourth-order valence-corrected chi connectivity index (χ4v) is 5.00. The molecule has 1 amide bonds. The molecule has 1 heterocycles. The molecule has 1 N–H and O–H groups in total. The van der Waals surface area contributed by atoms with Crippen molar-refractivity contribution in [2.24, 2.45) is 0 Å². The van der Waals surface area contributed by atoms with Gasteiger partial charge >= 0.3 is 5.97 Å². The summed E-state index contributed by atoms with van der Waals surface area (Å²) < 4.78 is 32.4. The Morgan fingerprint density at radius 3 is 2.41 bits per heavy atom.